The third kappa shape index (κ3) is 5.81. The number of likely N-dealkylation sites (tertiary alicyclic amines) is 1. The van der Waals surface area contributed by atoms with Crippen molar-refractivity contribution in [2.45, 2.75) is 38.4 Å². The van der Waals surface area contributed by atoms with E-state index in [9.17, 15) is 9.59 Å². The zero-order valence-corrected chi connectivity index (χ0v) is 17.1. The molecule has 3 rings (SSSR count). The lowest BCUT2D eigenvalue weighted by Crippen LogP contribution is -2.51. The fourth-order valence-electron chi connectivity index (χ4n) is 3.54. The van der Waals surface area contributed by atoms with Crippen LogP contribution in [-0.4, -0.2) is 49.0 Å². The van der Waals surface area contributed by atoms with Crippen LogP contribution in [0.15, 0.2) is 54.6 Å². The summed E-state index contributed by atoms with van der Waals surface area (Å²) in [4.78, 5) is 27.0. The summed E-state index contributed by atoms with van der Waals surface area (Å²) >= 11 is 0. The van der Waals surface area contributed by atoms with Crippen LogP contribution < -0.4 is 15.4 Å². The Morgan fingerprint density at radius 3 is 2.34 bits per heavy atom. The molecule has 0 aliphatic carbocycles. The number of methoxy groups -OCH3 is 1. The molecule has 154 valence electrons. The van der Waals surface area contributed by atoms with Crippen LogP contribution in [0.25, 0.3) is 0 Å². The first-order chi connectivity index (χ1) is 14.1. The zero-order valence-electron chi connectivity index (χ0n) is 17.1. The number of hydrogen-bond donors (Lipinski definition) is 2. The molecule has 0 radical (unpaired) electrons. The first-order valence-electron chi connectivity index (χ1n) is 10.1. The van der Waals surface area contributed by atoms with Crippen molar-refractivity contribution in [3.05, 3.63) is 65.7 Å². The first kappa shape index (κ1) is 20.9. The highest BCUT2D eigenvalue weighted by molar-refractivity contribution is 5.94. The number of nitrogens with one attached hydrogen (secondary N) is 2. The van der Waals surface area contributed by atoms with Crippen molar-refractivity contribution < 1.29 is 14.3 Å². The molecule has 0 spiro atoms. The second-order valence-electron chi connectivity index (χ2n) is 7.39. The molecule has 2 aromatic carbocycles. The van der Waals surface area contributed by atoms with Crippen LogP contribution in [0.4, 0.5) is 0 Å². The van der Waals surface area contributed by atoms with Gasteiger partial charge in [0, 0.05) is 31.2 Å². The van der Waals surface area contributed by atoms with Gasteiger partial charge in [-0.3, -0.25) is 14.5 Å². The maximum Gasteiger partial charge on any atom is 0.251 e. The van der Waals surface area contributed by atoms with Gasteiger partial charge in [0.1, 0.15) is 5.75 Å². The predicted molar refractivity (Wildman–Crippen MR) is 113 cm³/mol. The Morgan fingerprint density at radius 1 is 1.07 bits per heavy atom. The number of amides is 2. The third-order valence-electron chi connectivity index (χ3n) is 5.45. The molecule has 0 saturated carbocycles. The van der Waals surface area contributed by atoms with E-state index in [4.69, 9.17) is 4.74 Å². The van der Waals surface area contributed by atoms with Crippen LogP contribution in [-0.2, 0) is 11.3 Å². The molecule has 6 heteroatoms. The van der Waals surface area contributed by atoms with E-state index >= 15 is 0 Å². The van der Waals surface area contributed by atoms with Gasteiger partial charge in [-0.05, 0) is 49.6 Å². The van der Waals surface area contributed by atoms with E-state index in [0.717, 1.165) is 37.2 Å². The number of carbonyl (C=O) groups is 2. The second-order valence-corrected chi connectivity index (χ2v) is 7.39. The van der Waals surface area contributed by atoms with E-state index in [1.165, 1.54) is 0 Å². The highest BCUT2D eigenvalue weighted by Crippen LogP contribution is 2.15. The molecule has 0 aromatic heterocycles. The Kier molecular flexibility index (Phi) is 7.25. The van der Waals surface area contributed by atoms with Crippen molar-refractivity contribution >= 4 is 11.8 Å². The fourth-order valence-corrected chi connectivity index (χ4v) is 3.54. The van der Waals surface area contributed by atoms with Gasteiger partial charge < -0.3 is 15.4 Å². The van der Waals surface area contributed by atoms with Crippen molar-refractivity contribution in [1.82, 2.24) is 15.5 Å². The molecule has 1 heterocycles. The summed E-state index contributed by atoms with van der Waals surface area (Å²) in [7, 11) is 1.63. The van der Waals surface area contributed by atoms with Crippen LogP contribution in [0.1, 0.15) is 35.7 Å². The fraction of sp³-hybridized carbons (Fsp3) is 0.391. The van der Waals surface area contributed by atoms with Crippen molar-refractivity contribution in [3.63, 3.8) is 0 Å². The summed E-state index contributed by atoms with van der Waals surface area (Å²) < 4.78 is 5.15. The largest absolute Gasteiger partial charge is 0.497 e. The predicted octanol–water partition coefficient (Wildman–Crippen LogP) is 2.59. The van der Waals surface area contributed by atoms with Gasteiger partial charge in [-0.25, -0.2) is 0 Å². The van der Waals surface area contributed by atoms with Crippen LogP contribution in [0.3, 0.4) is 0 Å². The average molecular weight is 396 g/mol. The molecule has 29 heavy (non-hydrogen) atoms. The molecule has 1 unspecified atom stereocenters. The van der Waals surface area contributed by atoms with Crippen molar-refractivity contribution in [1.29, 1.82) is 0 Å². The van der Waals surface area contributed by atoms with Gasteiger partial charge in [-0.2, -0.15) is 0 Å². The maximum absolute atomic E-state index is 12.5. The lowest BCUT2D eigenvalue weighted by molar-refractivity contribution is -0.126. The molecule has 6 nitrogen and oxygen atoms in total. The van der Waals surface area contributed by atoms with E-state index in [1.807, 2.05) is 61.5 Å². The van der Waals surface area contributed by atoms with Crippen LogP contribution >= 0.6 is 0 Å². The summed E-state index contributed by atoms with van der Waals surface area (Å²) in [6.45, 7) is 4.01. The minimum absolute atomic E-state index is 0.0209. The van der Waals surface area contributed by atoms with E-state index in [0.29, 0.717) is 12.1 Å². The summed E-state index contributed by atoms with van der Waals surface area (Å²) in [5.74, 6) is 0.789. The van der Waals surface area contributed by atoms with E-state index in [-0.39, 0.29) is 23.9 Å². The molecule has 1 saturated heterocycles. The van der Waals surface area contributed by atoms with E-state index in [1.54, 1.807) is 7.11 Å². The molecule has 2 amide bonds. The standard InChI is InChI=1S/C23H29N3O3/c1-17(22(27)24-16-18-8-10-21(29-2)11-9-18)26-14-12-20(13-15-26)25-23(28)19-6-4-3-5-7-19/h3-11,17,20H,12-16H2,1-2H3,(H,24,27)(H,25,28). The molecule has 1 fully saturated rings. The minimum atomic E-state index is -0.195. The Labute approximate surface area is 172 Å². The molecule has 2 N–H and O–H groups in total. The van der Waals surface area contributed by atoms with Gasteiger partial charge in [-0.1, -0.05) is 30.3 Å². The van der Waals surface area contributed by atoms with E-state index in [2.05, 4.69) is 15.5 Å². The molecular weight excluding hydrogens is 366 g/mol. The van der Waals surface area contributed by atoms with Crippen molar-refractivity contribution in [3.8, 4) is 5.75 Å². The number of benzene rings is 2. The zero-order chi connectivity index (χ0) is 20.6. The van der Waals surface area contributed by atoms with Crippen LogP contribution in [0.5, 0.6) is 5.75 Å². The molecule has 1 aliphatic rings. The third-order valence-corrected chi connectivity index (χ3v) is 5.45. The number of rotatable bonds is 7. The topological polar surface area (TPSA) is 70.7 Å². The van der Waals surface area contributed by atoms with Crippen LogP contribution in [0.2, 0.25) is 0 Å². The number of piperidine rings is 1. The highest BCUT2D eigenvalue weighted by Gasteiger charge is 2.27. The van der Waals surface area contributed by atoms with Gasteiger partial charge in [0.25, 0.3) is 5.91 Å². The number of ether oxygens (including phenoxy) is 1. The average Bonchev–Trinajstić information content (AvgIpc) is 2.78. The smallest absolute Gasteiger partial charge is 0.251 e. The summed E-state index contributed by atoms with van der Waals surface area (Å²) in [5.41, 5.74) is 1.72. The van der Waals surface area contributed by atoms with Gasteiger partial charge in [0.2, 0.25) is 5.91 Å². The number of carbonyl (C=O) groups excluding carboxylic acids is 2. The molecular formula is C23H29N3O3. The van der Waals surface area contributed by atoms with Gasteiger partial charge in [-0.15, -0.1) is 0 Å². The summed E-state index contributed by atoms with van der Waals surface area (Å²) in [6.07, 6.45) is 1.68. The van der Waals surface area contributed by atoms with Gasteiger partial charge in [0.15, 0.2) is 0 Å². The van der Waals surface area contributed by atoms with Crippen molar-refractivity contribution in [2.24, 2.45) is 0 Å². The van der Waals surface area contributed by atoms with Crippen molar-refractivity contribution in [2.75, 3.05) is 20.2 Å². The normalized spacial score (nSPS) is 16.1. The Balaban J connectivity index is 1.42. The minimum Gasteiger partial charge on any atom is -0.497 e. The van der Waals surface area contributed by atoms with Gasteiger partial charge >= 0.3 is 0 Å². The molecule has 1 aliphatic heterocycles. The number of nitrogens with zero attached hydrogens (tertiary/aromatic N) is 1. The summed E-state index contributed by atoms with van der Waals surface area (Å²) in [5, 5.41) is 6.11. The highest BCUT2D eigenvalue weighted by atomic mass is 16.5. The van der Waals surface area contributed by atoms with Crippen LogP contribution in [0, 0.1) is 0 Å². The first-order valence-corrected chi connectivity index (χ1v) is 10.1. The SMILES string of the molecule is COc1ccc(CNC(=O)C(C)N2CCC(NC(=O)c3ccccc3)CC2)cc1. The second kappa shape index (κ2) is 10.1. The Hall–Kier alpha value is -2.86. The van der Waals surface area contributed by atoms with E-state index < -0.39 is 0 Å². The number of hydrogen-bond acceptors (Lipinski definition) is 4. The molecule has 1 atom stereocenters. The Bertz CT molecular complexity index is 800. The quantitative estimate of drug-likeness (QED) is 0.756. The lowest BCUT2D eigenvalue weighted by atomic mass is 10.0. The molecule has 0 bridgehead atoms. The maximum atomic E-state index is 12.5. The molecule has 2 aromatic rings. The Morgan fingerprint density at radius 2 is 1.72 bits per heavy atom. The summed E-state index contributed by atoms with van der Waals surface area (Å²) in [6, 6.07) is 16.9. The van der Waals surface area contributed by atoms with Gasteiger partial charge in [0.05, 0.1) is 13.2 Å². The lowest BCUT2D eigenvalue weighted by Gasteiger charge is -2.35. The monoisotopic (exact) mass is 395 g/mol.